The molecule has 0 unspecified atom stereocenters. The Balaban J connectivity index is 0.00000450. The van der Waals surface area contributed by atoms with E-state index in [1.165, 1.54) is 5.56 Å². The maximum absolute atomic E-state index is 5.72. The summed E-state index contributed by atoms with van der Waals surface area (Å²) in [5.41, 5.74) is 2.37. The molecule has 0 saturated heterocycles. The molecular formula is C23H37IN4O2. The van der Waals surface area contributed by atoms with Crippen LogP contribution in [0.3, 0.4) is 0 Å². The van der Waals surface area contributed by atoms with Crippen molar-refractivity contribution in [3.8, 4) is 0 Å². The molecule has 0 spiro atoms. The van der Waals surface area contributed by atoms with Crippen LogP contribution in [0, 0.1) is 0 Å². The van der Waals surface area contributed by atoms with Crippen LogP contribution in [0.4, 0.5) is 0 Å². The molecule has 1 aromatic heterocycles. The van der Waals surface area contributed by atoms with Gasteiger partial charge < -0.3 is 19.9 Å². The average Bonchev–Trinajstić information content (AvgIpc) is 3.22. The summed E-state index contributed by atoms with van der Waals surface area (Å²) >= 11 is 0. The topological polar surface area (TPSA) is 71.7 Å². The molecule has 0 bridgehead atoms. The van der Waals surface area contributed by atoms with E-state index in [0.29, 0.717) is 12.5 Å². The lowest BCUT2D eigenvalue weighted by molar-refractivity contribution is 0.133. The van der Waals surface area contributed by atoms with Crippen molar-refractivity contribution in [2.45, 2.75) is 58.4 Å². The van der Waals surface area contributed by atoms with Gasteiger partial charge in [0.2, 0.25) is 0 Å². The molecule has 0 aliphatic rings. The first-order chi connectivity index (χ1) is 14.3. The van der Waals surface area contributed by atoms with Crippen molar-refractivity contribution in [1.82, 2.24) is 15.8 Å². The van der Waals surface area contributed by atoms with Crippen LogP contribution in [0.15, 0.2) is 45.9 Å². The zero-order valence-electron chi connectivity index (χ0n) is 18.5. The van der Waals surface area contributed by atoms with Crippen LogP contribution >= 0.6 is 24.0 Å². The third kappa shape index (κ3) is 9.93. The molecule has 2 aromatic rings. The third-order valence-electron chi connectivity index (χ3n) is 5.02. The van der Waals surface area contributed by atoms with E-state index in [-0.39, 0.29) is 24.0 Å². The van der Waals surface area contributed by atoms with Gasteiger partial charge in [-0.3, -0.25) is 4.99 Å². The highest BCUT2D eigenvalue weighted by atomic mass is 127. The quantitative estimate of drug-likeness (QED) is 0.168. The molecule has 168 valence electrons. The van der Waals surface area contributed by atoms with E-state index in [4.69, 9.17) is 9.26 Å². The molecule has 0 aliphatic carbocycles. The number of rotatable bonds is 13. The Morgan fingerprint density at radius 1 is 1.10 bits per heavy atom. The van der Waals surface area contributed by atoms with Crippen molar-refractivity contribution in [1.29, 1.82) is 0 Å². The lowest BCUT2D eigenvalue weighted by atomic mass is 9.99. The zero-order chi connectivity index (χ0) is 20.7. The smallest absolute Gasteiger partial charge is 0.191 e. The molecular weight excluding hydrogens is 491 g/mol. The number of nitrogens with zero attached hydrogens (tertiary/aromatic N) is 2. The summed E-state index contributed by atoms with van der Waals surface area (Å²) < 4.78 is 11.2. The summed E-state index contributed by atoms with van der Waals surface area (Å²) in [6.45, 7) is 7.36. The normalized spacial score (nSPS) is 11.4. The lowest BCUT2D eigenvalue weighted by Gasteiger charge is -2.10. The second-order valence-corrected chi connectivity index (χ2v) is 7.14. The van der Waals surface area contributed by atoms with Crippen molar-refractivity contribution < 1.29 is 9.26 Å². The highest BCUT2D eigenvalue weighted by molar-refractivity contribution is 14.0. The number of benzene rings is 1. The second kappa shape index (κ2) is 16.1. The van der Waals surface area contributed by atoms with Crippen molar-refractivity contribution in [2.24, 2.45) is 4.99 Å². The number of aromatic nitrogens is 1. The van der Waals surface area contributed by atoms with Crippen LogP contribution in [-0.2, 0) is 17.7 Å². The summed E-state index contributed by atoms with van der Waals surface area (Å²) in [5.74, 6) is 2.08. The number of hydrogen-bond acceptors (Lipinski definition) is 4. The zero-order valence-corrected chi connectivity index (χ0v) is 20.9. The fourth-order valence-corrected chi connectivity index (χ4v) is 3.18. The Hall–Kier alpha value is -1.61. The summed E-state index contributed by atoms with van der Waals surface area (Å²) in [7, 11) is 1.78. The van der Waals surface area contributed by atoms with Gasteiger partial charge in [0.25, 0.3) is 0 Å². The molecule has 30 heavy (non-hydrogen) atoms. The molecule has 0 fully saturated rings. The highest BCUT2D eigenvalue weighted by Gasteiger charge is 2.13. The van der Waals surface area contributed by atoms with Crippen molar-refractivity contribution in [2.75, 3.05) is 26.8 Å². The predicted molar refractivity (Wildman–Crippen MR) is 134 cm³/mol. The van der Waals surface area contributed by atoms with E-state index in [1.807, 2.05) is 12.1 Å². The van der Waals surface area contributed by atoms with Gasteiger partial charge in [-0.25, -0.2) is 0 Å². The van der Waals surface area contributed by atoms with Crippen molar-refractivity contribution in [3.05, 3.63) is 53.4 Å². The molecule has 2 rings (SSSR count). The first-order valence-electron chi connectivity index (χ1n) is 10.8. The monoisotopic (exact) mass is 528 g/mol. The SMILES string of the molecule is CCC(CC)c1cc(CNC(=NC)NCCCCOCCc2ccccc2)on1.I. The first-order valence-corrected chi connectivity index (χ1v) is 10.8. The summed E-state index contributed by atoms with van der Waals surface area (Å²) in [6, 6.07) is 12.5. The molecule has 1 heterocycles. The van der Waals surface area contributed by atoms with Gasteiger partial charge in [-0.1, -0.05) is 49.3 Å². The highest BCUT2D eigenvalue weighted by Crippen LogP contribution is 2.22. The molecule has 0 atom stereocenters. The molecule has 0 aliphatic heterocycles. The van der Waals surface area contributed by atoms with Gasteiger partial charge in [-0.15, -0.1) is 24.0 Å². The second-order valence-electron chi connectivity index (χ2n) is 7.14. The fraction of sp³-hybridized carbons (Fsp3) is 0.565. The van der Waals surface area contributed by atoms with Gasteiger partial charge in [0.05, 0.1) is 18.8 Å². The maximum Gasteiger partial charge on any atom is 0.191 e. The molecule has 0 saturated carbocycles. The van der Waals surface area contributed by atoms with Gasteiger partial charge in [0, 0.05) is 32.2 Å². The average molecular weight is 528 g/mol. The van der Waals surface area contributed by atoms with Crippen LogP contribution in [0.1, 0.15) is 62.5 Å². The fourth-order valence-electron chi connectivity index (χ4n) is 3.18. The van der Waals surface area contributed by atoms with Gasteiger partial charge in [-0.05, 0) is 37.7 Å². The van der Waals surface area contributed by atoms with Gasteiger partial charge in [0.15, 0.2) is 11.7 Å². The minimum absolute atomic E-state index is 0. The Morgan fingerprint density at radius 3 is 2.57 bits per heavy atom. The molecule has 1 aromatic carbocycles. The number of nitrogens with one attached hydrogen (secondary N) is 2. The number of halogens is 1. The van der Waals surface area contributed by atoms with Gasteiger partial charge in [-0.2, -0.15) is 0 Å². The van der Waals surface area contributed by atoms with Crippen LogP contribution in [0.5, 0.6) is 0 Å². The number of ether oxygens (including phenoxy) is 1. The molecule has 2 N–H and O–H groups in total. The van der Waals surface area contributed by atoms with E-state index in [9.17, 15) is 0 Å². The molecule has 0 amide bonds. The van der Waals surface area contributed by atoms with Crippen LogP contribution < -0.4 is 10.6 Å². The Kier molecular flexibility index (Phi) is 14.2. The number of guanidine groups is 1. The Labute approximate surface area is 198 Å². The number of aliphatic imine (C=N–C) groups is 1. The number of unbranched alkanes of at least 4 members (excludes halogenated alkanes) is 1. The Morgan fingerprint density at radius 2 is 1.87 bits per heavy atom. The standard InChI is InChI=1S/C23H36N4O2.HI/c1-4-20(5-2)22-17-21(29-27-22)18-26-23(24-3)25-14-9-10-15-28-16-13-19-11-7-6-8-12-19;/h6-8,11-12,17,20H,4-5,9-10,13-16,18H2,1-3H3,(H2,24,25,26);1H. The van der Waals surface area contributed by atoms with Crippen LogP contribution in [0.2, 0.25) is 0 Å². The molecule has 7 heteroatoms. The van der Waals surface area contributed by atoms with Crippen molar-refractivity contribution in [3.63, 3.8) is 0 Å². The molecule has 6 nitrogen and oxygen atoms in total. The number of hydrogen-bond donors (Lipinski definition) is 2. The maximum atomic E-state index is 5.72. The van der Waals surface area contributed by atoms with Crippen LogP contribution in [0.25, 0.3) is 0 Å². The van der Waals surface area contributed by atoms with E-state index in [2.05, 4.69) is 58.9 Å². The van der Waals surface area contributed by atoms with Gasteiger partial charge >= 0.3 is 0 Å². The minimum atomic E-state index is 0. The van der Waals surface area contributed by atoms with Crippen LogP contribution in [-0.4, -0.2) is 37.9 Å². The van der Waals surface area contributed by atoms with Gasteiger partial charge in [0.1, 0.15) is 0 Å². The lowest BCUT2D eigenvalue weighted by Crippen LogP contribution is -2.37. The summed E-state index contributed by atoms with van der Waals surface area (Å²) in [5, 5.41) is 10.8. The first kappa shape index (κ1) is 26.4. The Bertz CT molecular complexity index is 702. The van der Waals surface area contributed by atoms with E-state index < -0.39 is 0 Å². The summed E-state index contributed by atoms with van der Waals surface area (Å²) in [6.07, 6.45) is 5.19. The minimum Gasteiger partial charge on any atom is -0.381 e. The summed E-state index contributed by atoms with van der Waals surface area (Å²) in [4.78, 5) is 4.26. The van der Waals surface area contributed by atoms with Crippen molar-refractivity contribution >= 4 is 29.9 Å². The van der Waals surface area contributed by atoms with E-state index in [0.717, 1.165) is 69.3 Å². The predicted octanol–water partition coefficient (Wildman–Crippen LogP) is 4.90. The van der Waals surface area contributed by atoms with E-state index >= 15 is 0 Å². The molecule has 0 radical (unpaired) electrons. The van der Waals surface area contributed by atoms with E-state index in [1.54, 1.807) is 7.05 Å². The third-order valence-corrected chi connectivity index (χ3v) is 5.02. The largest absolute Gasteiger partial charge is 0.381 e.